The maximum atomic E-state index is 12.0. The zero-order chi connectivity index (χ0) is 13.0. The molecule has 6 heteroatoms. The Kier molecular flexibility index (Phi) is 4.77. The van der Waals surface area contributed by atoms with E-state index >= 15 is 0 Å². The first-order chi connectivity index (χ1) is 8.57. The van der Waals surface area contributed by atoms with Gasteiger partial charge in [-0.15, -0.1) is 11.3 Å². The Hall–Kier alpha value is -0.430. The third-order valence-electron chi connectivity index (χ3n) is 3.36. The molecule has 0 amide bonds. The van der Waals surface area contributed by atoms with Gasteiger partial charge in [-0.25, -0.2) is 13.1 Å². The summed E-state index contributed by atoms with van der Waals surface area (Å²) in [6.45, 7) is 3.82. The average Bonchev–Trinajstić information content (AvgIpc) is 2.83. The minimum Gasteiger partial charge on any atom is -0.315 e. The molecule has 1 aliphatic heterocycles. The highest BCUT2D eigenvalue weighted by atomic mass is 32.2. The first-order valence-electron chi connectivity index (χ1n) is 6.30. The molecule has 2 N–H and O–H groups in total. The van der Waals surface area contributed by atoms with Crippen LogP contribution in [-0.2, 0) is 16.4 Å². The van der Waals surface area contributed by atoms with Gasteiger partial charge in [0.25, 0.3) is 0 Å². The van der Waals surface area contributed by atoms with Gasteiger partial charge in [0, 0.05) is 17.5 Å². The summed E-state index contributed by atoms with van der Waals surface area (Å²) >= 11 is 1.61. The van der Waals surface area contributed by atoms with E-state index in [1.54, 1.807) is 11.3 Å². The van der Waals surface area contributed by atoms with E-state index in [1.807, 2.05) is 17.5 Å². The second-order valence-electron chi connectivity index (χ2n) is 4.84. The molecular formula is C12H20N2O2S2. The number of piperidine rings is 1. The van der Waals surface area contributed by atoms with Gasteiger partial charge in [0.2, 0.25) is 10.0 Å². The van der Waals surface area contributed by atoms with Crippen molar-refractivity contribution >= 4 is 21.4 Å². The van der Waals surface area contributed by atoms with Gasteiger partial charge in [0.15, 0.2) is 0 Å². The molecule has 0 saturated carbocycles. The van der Waals surface area contributed by atoms with Gasteiger partial charge in [-0.3, -0.25) is 0 Å². The predicted octanol–water partition coefficient (Wildman–Crippen LogP) is 1.21. The van der Waals surface area contributed by atoms with Crippen LogP contribution in [0.2, 0.25) is 0 Å². The van der Waals surface area contributed by atoms with E-state index in [0.717, 1.165) is 24.4 Å². The summed E-state index contributed by atoms with van der Waals surface area (Å²) in [4.78, 5) is 1.12. The lowest BCUT2D eigenvalue weighted by molar-refractivity contribution is 0.327. The van der Waals surface area contributed by atoms with E-state index < -0.39 is 10.0 Å². The summed E-state index contributed by atoms with van der Waals surface area (Å²) in [6.07, 6.45) is 1.62. The summed E-state index contributed by atoms with van der Waals surface area (Å²) in [5.74, 6) is 0.583. The fourth-order valence-electron chi connectivity index (χ4n) is 2.13. The molecule has 1 aromatic rings. The molecule has 1 aliphatic rings. The van der Waals surface area contributed by atoms with E-state index in [2.05, 4.69) is 17.0 Å². The molecule has 0 bridgehead atoms. The van der Waals surface area contributed by atoms with Crippen LogP contribution >= 0.6 is 11.3 Å². The SMILES string of the molecule is C[C@H]1CCNC[C@@H]1NS(=O)(=O)CCc1cccs1. The van der Waals surface area contributed by atoms with E-state index in [0.29, 0.717) is 12.3 Å². The van der Waals surface area contributed by atoms with Crippen molar-refractivity contribution in [2.75, 3.05) is 18.8 Å². The fraction of sp³-hybridized carbons (Fsp3) is 0.667. The van der Waals surface area contributed by atoms with Gasteiger partial charge in [-0.2, -0.15) is 0 Å². The number of sulfonamides is 1. The van der Waals surface area contributed by atoms with Gasteiger partial charge >= 0.3 is 0 Å². The molecule has 2 atom stereocenters. The summed E-state index contributed by atoms with van der Waals surface area (Å²) in [7, 11) is -3.17. The van der Waals surface area contributed by atoms with Crippen LogP contribution in [0.3, 0.4) is 0 Å². The Morgan fingerprint density at radius 1 is 1.56 bits per heavy atom. The smallest absolute Gasteiger partial charge is 0.212 e. The number of rotatable bonds is 5. The van der Waals surface area contributed by atoms with Crippen LogP contribution in [0.25, 0.3) is 0 Å². The minimum atomic E-state index is -3.17. The standard InChI is InChI=1S/C12H20N2O2S2/c1-10-4-6-13-9-12(10)14-18(15,16)8-5-11-3-2-7-17-11/h2-3,7,10,12-14H,4-6,8-9H2,1H3/t10-,12-/m0/s1. The van der Waals surface area contributed by atoms with Crippen molar-refractivity contribution in [3.05, 3.63) is 22.4 Å². The van der Waals surface area contributed by atoms with Crippen molar-refractivity contribution < 1.29 is 8.42 Å². The number of thiophene rings is 1. The third kappa shape index (κ3) is 4.05. The van der Waals surface area contributed by atoms with Gasteiger partial charge in [0.1, 0.15) is 0 Å². The highest BCUT2D eigenvalue weighted by molar-refractivity contribution is 7.89. The van der Waals surface area contributed by atoms with E-state index in [9.17, 15) is 8.42 Å². The van der Waals surface area contributed by atoms with Gasteiger partial charge < -0.3 is 5.32 Å². The number of nitrogens with one attached hydrogen (secondary N) is 2. The van der Waals surface area contributed by atoms with Gasteiger partial charge in [-0.1, -0.05) is 13.0 Å². The zero-order valence-electron chi connectivity index (χ0n) is 10.6. The van der Waals surface area contributed by atoms with Crippen LogP contribution in [-0.4, -0.2) is 33.3 Å². The van der Waals surface area contributed by atoms with Crippen molar-refractivity contribution in [1.29, 1.82) is 0 Å². The Morgan fingerprint density at radius 2 is 2.39 bits per heavy atom. The molecular weight excluding hydrogens is 268 g/mol. The Bertz CT molecular complexity index is 456. The van der Waals surface area contributed by atoms with Crippen LogP contribution < -0.4 is 10.0 Å². The first-order valence-corrected chi connectivity index (χ1v) is 8.83. The van der Waals surface area contributed by atoms with Gasteiger partial charge in [0.05, 0.1) is 5.75 Å². The molecule has 2 rings (SSSR count). The molecule has 0 aliphatic carbocycles. The monoisotopic (exact) mass is 288 g/mol. The van der Waals surface area contributed by atoms with Crippen molar-refractivity contribution in [2.45, 2.75) is 25.8 Å². The topological polar surface area (TPSA) is 58.2 Å². The zero-order valence-corrected chi connectivity index (χ0v) is 12.2. The summed E-state index contributed by atoms with van der Waals surface area (Å²) < 4.78 is 26.8. The molecule has 2 heterocycles. The molecule has 102 valence electrons. The van der Waals surface area contributed by atoms with Crippen molar-refractivity contribution in [3.8, 4) is 0 Å². The normalized spacial score (nSPS) is 25.2. The molecule has 0 aromatic carbocycles. The van der Waals surface area contributed by atoms with Crippen molar-refractivity contribution in [1.82, 2.24) is 10.0 Å². The van der Waals surface area contributed by atoms with Crippen LogP contribution in [0.1, 0.15) is 18.2 Å². The largest absolute Gasteiger partial charge is 0.315 e. The highest BCUT2D eigenvalue weighted by Crippen LogP contribution is 2.13. The second kappa shape index (κ2) is 6.14. The van der Waals surface area contributed by atoms with Gasteiger partial charge in [-0.05, 0) is 36.8 Å². The average molecular weight is 288 g/mol. The minimum absolute atomic E-state index is 0.0343. The van der Waals surface area contributed by atoms with E-state index in [-0.39, 0.29) is 11.8 Å². The number of aryl methyl sites for hydroxylation is 1. The van der Waals surface area contributed by atoms with E-state index in [1.165, 1.54) is 0 Å². The maximum absolute atomic E-state index is 12.0. The summed E-state index contributed by atoms with van der Waals surface area (Å²) in [5.41, 5.74) is 0. The van der Waals surface area contributed by atoms with E-state index in [4.69, 9.17) is 0 Å². The number of hydrogen-bond acceptors (Lipinski definition) is 4. The lowest BCUT2D eigenvalue weighted by Gasteiger charge is -2.29. The number of hydrogen-bond donors (Lipinski definition) is 2. The van der Waals surface area contributed by atoms with Crippen LogP contribution in [0.4, 0.5) is 0 Å². The predicted molar refractivity (Wildman–Crippen MR) is 75.4 cm³/mol. The molecule has 0 radical (unpaired) electrons. The Labute approximate surface area is 113 Å². The van der Waals surface area contributed by atoms with Crippen molar-refractivity contribution in [2.24, 2.45) is 5.92 Å². The summed E-state index contributed by atoms with van der Waals surface area (Å²) in [6, 6.07) is 3.96. The lowest BCUT2D eigenvalue weighted by atomic mass is 9.96. The molecule has 0 unspecified atom stereocenters. The first kappa shape index (κ1) is 14.0. The molecule has 1 aromatic heterocycles. The molecule has 4 nitrogen and oxygen atoms in total. The van der Waals surface area contributed by atoms with Crippen LogP contribution in [0.5, 0.6) is 0 Å². The maximum Gasteiger partial charge on any atom is 0.212 e. The lowest BCUT2D eigenvalue weighted by Crippen LogP contribution is -2.50. The van der Waals surface area contributed by atoms with Crippen LogP contribution in [0, 0.1) is 5.92 Å². The molecule has 1 saturated heterocycles. The third-order valence-corrected chi connectivity index (χ3v) is 5.70. The second-order valence-corrected chi connectivity index (χ2v) is 7.75. The Balaban J connectivity index is 1.86. The molecule has 1 fully saturated rings. The molecule has 18 heavy (non-hydrogen) atoms. The quantitative estimate of drug-likeness (QED) is 0.856. The molecule has 0 spiro atoms. The fourth-order valence-corrected chi connectivity index (χ4v) is 4.35. The van der Waals surface area contributed by atoms with Crippen LogP contribution in [0.15, 0.2) is 17.5 Å². The highest BCUT2D eigenvalue weighted by Gasteiger charge is 2.25. The van der Waals surface area contributed by atoms with Crippen molar-refractivity contribution in [3.63, 3.8) is 0 Å². The summed E-state index contributed by atoms with van der Waals surface area (Å²) in [5, 5.41) is 5.21. The Morgan fingerprint density at radius 3 is 3.06 bits per heavy atom.